The zero-order valence-electron chi connectivity index (χ0n) is 9.56. The third-order valence-electron chi connectivity index (χ3n) is 2.39. The molecule has 1 aromatic heterocycles. The molecule has 0 spiro atoms. The number of anilines is 1. The van der Waals surface area contributed by atoms with Gasteiger partial charge in [0, 0.05) is 13.0 Å². The summed E-state index contributed by atoms with van der Waals surface area (Å²) in [5.41, 5.74) is 1.67. The van der Waals surface area contributed by atoms with Crippen LogP contribution in [0.5, 0.6) is 0 Å². The molecule has 1 aromatic carbocycles. The van der Waals surface area contributed by atoms with Crippen LogP contribution in [0.15, 0.2) is 24.3 Å². The maximum Gasteiger partial charge on any atom is 0.243 e. The number of hydrogen-bond donors (Lipinski definition) is 1. The van der Waals surface area contributed by atoms with Gasteiger partial charge < -0.3 is 5.32 Å². The molecule has 2 aromatic rings. The van der Waals surface area contributed by atoms with Crippen LogP contribution in [0.4, 0.5) is 5.95 Å². The molecule has 0 amide bonds. The van der Waals surface area contributed by atoms with Gasteiger partial charge in [-0.15, -0.1) is 22.5 Å². The zero-order valence-corrected chi connectivity index (χ0v) is 9.56. The summed E-state index contributed by atoms with van der Waals surface area (Å²) in [6.07, 6.45) is 8.03. The number of unbranched alkanes of at least 4 members (excludes halogenated alkanes) is 2. The number of benzene rings is 1. The molecule has 4 nitrogen and oxygen atoms in total. The maximum atomic E-state index is 5.18. The average Bonchev–Trinajstić information content (AvgIpc) is 2.38. The summed E-state index contributed by atoms with van der Waals surface area (Å²) in [4.78, 5) is 4.37. The first-order valence-corrected chi connectivity index (χ1v) is 5.67. The molecule has 86 valence electrons. The van der Waals surface area contributed by atoms with Gasteiger partial charge in [-0.05, 0) is 25.0 Å². The van der Waals surface area contributed by atoms with Crippen LogP contribution < -0.4 is 5.32 Å². The second kappa shape index (κ2) is 5.80. The van der Waals surface area contributed by atoms with E-state index in [-0.39, 0.29) is 0 Å². The molecule has 0 saturated heterocycles. The maximum absolute atomic E-state index is 5.18. The summed E-state index contributed by atoms with van der Waals surface area (Å²) >= 11 is 0. The monoisotopic (exact) mass is 226 g/mol. The van der Waals surface area contributed by atoms with Gasteiger partial charge in [-0.2, -0.15) is 0 Å². The SMILES string of the molecule is C#CCCCCNc1nnc2ccccc2n1. The van der Waals surface area contributed by atoms with Crippen LogP contribution in [0.25, 0.3) is 11.0 Å². The van der Waals surface area contributed by atoms with E-state index in [1.54, 1.807) is 0 Å². The van der Waals surface area contributed by atoms with Crippen LogP contribution in [-0.4, -0.2) is 21.7 Å². The van der Waals surface area contributed by atoms with Crippen LogP contribution >= 0.6 is 0 Å². The first-order chi connectivity index (χ1) is 8.40. The molecule has 2 rings (SSSR count). The quantitative estimate of drug-likeness (QED) is 0.627. The van der Waals surface area contributed by atoms with Crippen molar-refractivity contribution in [2.24, 2.45) is 0 Å². The highest BCUT2D eigenvalue weighted by atomic mass is 15.2. The number of nitrogens with zero attached hydrogens (tertiary/aromatic N) is 3. The zero-order chi connectivity index (χ0) is 11.9. The molecule has 0 aliphatic rings. The molecular formula is C13H14N4. The van der Waals surface area contributed by atoms with Crippen LogP contribution in [0.1, 0.15) is 19.3 Å². The van der Waals surface area contributed by atoms with E-state index >= 15 is 0 Å². The molecule has 4 heteroatoms. The Kier molecular flexibility index (Phi) is 3.87. The van der Waals surface area contributed by atoms with Crippen LogP contribution in [0.2, 0.25) is 0 Å². The van der Waals surface area contributed by atoms with E-state index < -0.39 is 0 Å². The Labute approximate surface area is 100 Å². The third-order valence-corrected chi connectivity index (χ3v) is 2.39. The van der Waals surface area contributed by atoms with Crippen molar-refractivity contribution in [1.29, 1.82) is 0 Å². The Balaban J connectivity index is 1.93. The minimum absolute atomic E-state index is 0.574. The molecular weight excluding hydrogens is 212 g/mol. The molecule has 0 unspecified atom stereocenters. The number of aromatic nitrogens is 3. The highest BCUT2D eigenvalue weighted by Gasteiger charge is 1.99. The second-order valence-electron chi connectivity index (χ2n) is 3.71. The number of rotatable bonds is 5. The highest BCUT2D eigenvalue weighted by molar-refractivity contribution is 5.73. The number of terminal acetylenes is 1. The lowest BCUT2D eigenvalue weighted by atomic mass is 10.2. The lowest BCUT2D eigenvalue weighted by Crippen LogP contribution is -2.06. The number of para-hydroxylation sites is 1. The summed E-state index contributed by atoms with van der Waals surface area (Å²) in [5.74, 6) is 3.19. The molecule has 0 atom stereocenters. The summed E-state index contributed by atoms with van der Waals surface area (Å²) in [7, 11) is 0. The fraction of sp³-hybridized carbons (Fsp3) is 0.308. The van der Waals surface area contributed by atoms with E-state index in [1.165, 1.54) is 0 Å². The molecule has 17 heavy (non-hydrogen) atoms. The molecule has 0 fully saturated rings. The Hall–Kier alpha value is -2.15. The molecule has 0 bridgehead atoms. The van der Waals surface area contributed by atoms with E-state index in [0.29, 0.717) is 5.95 Å². The Morgan fingerprint density at radius 2 is 1.94 bits per heavy atom. The number of nitrogens with one attached hydrogen (secondary N) is 1. The lowest BCUT2D eigenvalue weighted by Gasteiger charge is -2.03. The van der Waals surface area contributed by atoms with Gasteiger partial charge in [0.25, 0.3) is 0 Å². The highest BCUT2D eigenvalue weighted by Crippen LogP contribution is 2.08. The third kappa shape index (κ3) is 3.15. The van der Waals surface area contributed by atoms with Crippen LogP contribution in [0.3, 0.4) is 0 Å². The van der Waals surface area contributed by atoms with E-state index in [0.717, 1.165) is 36.8 Å². The first-order valence-electron chi connectivity index (χ1n) is 5.67. The molecule has 0 saturated carbocycles. The molecule has 1 heterocycles. The van der Waals surface area contributed by atoms with Crippen molar-refractivity contribution in [1.82, 2.24) is 15.2 Å². The fourth-order valence-electron chi connectivity index (χ4n) is 1.51. The first kappa shape index (κ1) is 11.3. The summed E-state index contributed by atoms with van der Waals surface area (Å²) in [6.45, 7) is 0.821. The molecule has 0 aliphatic heterocycles. The van der Waals surface area contributed by atoms with Crippen LogP contribution in [-0.2, 0) is 0 Å². The normalized spacial score (nSPS) is 10.1. The summed E-state index contributed by atoms with van der Waals surface area (Å²) < 4.78 is 0. The number of hydrogen-bond acceptors (Lipinski definition) is 4. The van der Waals surface area contributed by atoms with E-state index in [2.05, 4.69) is 26.4 Å². The smallest absolute Gasteiger partial charge is 0.243 e. The van der Waals surface area contributed by atoms with Crippen molar-refractivity contribution in [3.05, 3.63) is 24.3 Å². The predicted molar refractivity (Wildman–Crippen MR) is 68.5 cm³/mol. The van der Waals surface area contributed by atoms with Gasteiger partial charge in [0.1, 0.15) is 5.52 Å². The van der Waals surface area contributed by atoms with Crippen LogP contribution in [0, 0.1) is 12.3 Å². The predicted octanol–water partition coefficient (Wildman–Crippen LogP) is 2.24. The van der Waals surface area contributed by atoms with Crippen molar-refractivity contribution in [2.45, 2.75) is 19.3 Å². The topological polar surface area (TPSA) is 50.7 Å². The van der Waals surface area contributed by atoms with Gasteiger partial charge >= 0.3 is 0 Å². The minimum Gasteiger partial charge on any atom is -0.353 e. The van der Waals surface area contributed by atoms with Gasteiger partial charge in [-0.3, -0.25) is 0 Å². The summed E-state index contributed by atoms with van der Waals surface area (Å²) in [5, 5.41) is 11.2. The minimum atomic E-state index is 0.574. The Morgan fingerprint density at radius 1 is 1.12 bits per heavy atom. The Bertz CT molecular complexity index is 530. The van der Waals surface area contributed by atoms with Gasteiger partial charge in [-0.25, -0.2) is 4.98 Å². The van der Waals surface area contributed by atoms with E-state index in [9.17, 15) is 0 Å². The van der Waals surface area contributed by atoms with Gasteiger partial charge in [0.05, 0.1) is 5.52 Å². The van der Waals surface area contributed by atoms with E-state index in [1.807, 2.05) is 24.3 Å². The van der Waals surface area contributed by atoms with Gasteiger partial charge in [0.2, 0.25) is 5.95 Å². The molecule has 0 aliphatic carbocycles. The van der Waals surface area contributed by atoms with E-state index in [4.69, 9.17) is 6.42 Å². The van der Waals surface area contributed by atoms with Crippen molar-refractivity contribution in [2.75, 3.05) is 11.9 Å². The number of fused-ring (bicyclic) bond motifs is 1. The van der Waals surface area contributed by atoms with Crippen molar-refractivity contribution < 1.29 is 0 Å². The molecule has 1 N–H and O–H groups in total. The van der Waals surface area contributed by atoms with Crippen molar-refractivity contribution in [3.63, 3.8) is 0 Å². The fourth-order valence-corrected chi connectivity index (χ4v) is 1.51. The average molecular weight is 226 g/mol. The van der Waals surface area contributed by atoms with Crippen molar-refractivity contribution in [3.8, 4) is 12.3 Å². The molecule has 0 radical (unpaired) electrons. The standard InChI is InChI=1S/C13H14N4/c1-2-3-4-7-10-14-13-15-11-8-5-6-9-12(11)16-17-13/h1,5-6,8-9H,3-4,7,10H2,(H,14,15,17). The largest absolute Gasteiger partial charge is 0.353 e. The lowest BCUT2D eigenvalue weighted by molar-refractivity contribution is 0.782. The van der Waals surface area contributed by atoms with Crippen molar-refractivity contribution >= 4 is 17.0 Å². The second-order valence-corrected chi connectivity index (χ2v) is 3.71. The summed E-state index contributed by atoms with van der Waals surface area (Å²) in [6, 6.07) is 7.68. The van der Waals surface area contributed by atoms with Gasteiger partial charge in [-0.1, -0.05) is 12.1 Å². The Morgan fingerprint density at radius 3 is 2.76 bits per heavy atom. The van der Waals surface area contributed by atoms with Gasteiger partial charge in [0.15, 0.2) is 0 Å².